The van der Waals surface area contributed by atoms with Crippen LogP contribution in [0.1, 0.15) is 5.56 Å². The molecule has 21 heavy (non-hydrogen) atoms. The number of amides is 1. The topological polar surface area (TPSA) is 93.5 Å². The minimum absolute atomic E-state index is 0.00419. The van der Waals surface area contributed by atoms with Crippen LogP contribution in [0.2, 0.25) is 0 Å². The number of benzene rings is 1. The van der Waals surface area contributed by atoms with E-state index in [1.165, 1.54) is 18.2 Å². The molecule has 1 heterocycles. The zero-order valence-corrected chi connectivity index (χ0v) is 11.5. The van der Waals surface area contributed by atoms with Gasteiger partial charge in [0.05, 0.1) is 17.6 Å². The molecular weight excluding hydrogens is 274 g/mol. The van der Waals surface area contributed by atoms with Crippen LogP contribution in [-0.2, 0) is 9.53 Å². The molecule has 2 N–H and O–H groups in total. The van der Waals surface area contributed by atoms with Crippen molar-refractivity contribution in [3.05, 3.63) is 46.0 Å². The van der Waals surface area contributed by atoms with Gasteiger partial charge in [0.1, 0.15) is 0 Å². The van der Waals surface area contributed by atoms with Crippen LogP contribution >= 0.6 is 0 Å². The molecule has 2 rings (SSSR count). The second-order valence-electron chi connectivity index (χ2n) is 4.62. The predicted molar refractivity (Wildman–Crippen MR) is 77.7 cm³/mol. The van der Waals surface area contributed by atoms with Gasteiger partial charge in [-0.05, 0) is 23.8 Å². The Bertz CT molecular complexity index is 522. The summed E-state index contributed by atoms with van der Waals surface area (Å²) in [5, 5.41) is 16.5. The summed E-state index contributed by atoms with van der Waals surface area (Å²) in [6.45, 7) is 2.67. The van der Waals surface area contributed by atoms with E-state index in [2.05, 4.69) is 10.6 Å². The van der Waals surface area contributed by atoms with Gasteiger partial charge < -0.3 is 15.4 Å². The van der Waals surface area contributed by atoms with E-state index >= 15 is 0 Å². The average molecular weight is 291 g/mol. The van der Waals surface area contributed by atoms with Crippen LogP contribution in [0.15, 0.2) is 30.3 Å². The van der Waals surface area contributed by atoms with E-state index in [9.17, 15) is 14.9 Å². The van der Waals surface area contributed by atoms with E-state index in [0.29, 0.717) is 13.2 Å². The Morgan fingerprint density at radius 2 is 2.24 bits per heavy atom. The lowest BCUT2D eigenvalue weighted by atomic mass is 10.2. The summed E-state index contributed by atoms with van der Waals surface area (Å²) in [7, 11) is 0. The molecule has 0 bridgehead atoms. The largest absolute Gasteiger partial charge is 0.374 e. The maximum Gasteiger partial charge on any atom is 0.269 e. The van der Waals surface area contributed by atoms with Gasteiger partial charge in [-0.3, -0.25) is 14.9 Å². The van der Waals surface area contributed by atoms with Gasteiger partial charge in [0.2, 0.25) is 5.91 Å². The van der Waals surface area contributed by atoms with E-state index in [0.717, 1.165) is 18.7 Å². The Morgan fingerprint density at radius 3 is 2.86 bits per heavy atom. The lowest BCUT2D eigenvalue weighted by molar-refractivity contribution is -0.384. The minimum atomic E-state index is -0.460. The van der Waals surface area contributed by atoms with E-state index in [1.54, 1.807) is 18.2 Å². The van der Waals surface area contributed by atoms with Crippen molar-refractivity contribution < 1.29 is 14.5 Å². The van der Waals surface area contributed by atoms with Gasteiger partial charge in [-0.25, -0.2) is 0 Å². The maximum absolute atomic E-state index is 11.7. The average Bonchev–Trinajstić information content (AvgIpc) is 2.52. The first-order chi connectivity index (χ1) is 10.1. The standard InChI is InChI=1S/C14H17N3O4/c18-14(16-10-13-9-15-7-8-21-13)6-3-11-1-4-12(5-2-11)17(19)20/h1-6,13,15H,7-10H2,(H,16,18)/b6-3+. The minimum Gasteiger partial charge on any atom is -0.374 e. The fourth-order valence-corrected chi connectivity index (χ4v) is 1.90. The SMILES string of the molecule is O=C(/C=C/c1ccc([N+](=O)[O-])cc1)NCC1CNCCO1. The first-order valence-corrected chi connectivity index (χ1v) is 6.68. The summed E-state index contributed by atoms with van der Waals surface area (Å²) < 4.78 is 5.46. The molecule has 112 valence electrons. The van der Waals surface area contributed by atoms with Crippen molar-refractivity contribution in [3.63, 3.8) is 0 Å². The van der Waals surface area contributed by atoms with Crippen molar-refractivity contribution in [2.75, 3.05) is 26.2 Å². The van der Waals surface area contributed by atoms with Gasteiger partial charge >= 0.3 is 0 Å². The molecule has 1 saturated heterocycles. The first kappa shape index (κ1) is 15.1. The third kappa shape index (κ3) is 4.97. The molecule has 1 aromatic rings. The summed E-state index contributed by atoms with van der Waals surface area (Å²) in [6.07, 6.45) is 3.01. The molecule has 7 heteroatoms. The highest BCUT2D eigenvalue weighted by Crippen LogP contribution is 2.12. The van der Waals surface area contributed by atoms with E-state index in [4.69, 9.17) is 4.74 Å². The normalized spacial score (nSPS) is 18.6. The third-order valence-corrected chi connectivity index (χ3v) is 3.04. The number of ether oxygens (including phenoxy) is 1. The van der Waals surface area contributed by atoms with Crippen molar-refractivity contribution in [1.82, 2.24) is 10.6 Å². The van der Waals surface area contributed by atoms with Gasteiger partial charge in [0.15, 0.2) is 0 Å². The molecule has 1 unspecified atom stereocenters. The highest BCUT2D eigenvalue weighted by Gasteiger charge is 2.13. The van der Waals surface area contributed by atoms with Crippen LogP contribution in [-0.4, -0.2) is 43.2 Å². The van der Waals surface area contributed by atoms with E-state index < -0.39 is 4.92 Å². The molecule has 0 spiro atoms. The first-order valence-electron chi connectivity index (χ1n) is 6.68. The predicted octanol–water partition coefficient (Wildman–Crippen LogP) is 0.713. The van der Waals surface area contributed by atoms with Crippen molar-refractivity contribution in [1.29, 1.82) is 0 Å². The van der Waals surface area contributed by atoms with Crippen molar-refractivity contribution in [2.45, 2.75) is 6.10 Å². The fourth-order valence-electron chi connectivity index (χ4n) is 1.90. The number of nitrogens with one attached hydrogen (secondary N) is 2. The van der Waals surface area contributed by atoms with Crippen LogP contribution in [0.25, 0.3) is 6.08 Å². The molecule has 1 aliphatic rings. The smallest absolute Gasteiger partial charge is 0.269 e. The summed E-state index contributed by atoms with van der Waals surface area (Å²) in [5.74, 6) is -0.220. The Balaban J connectivity index is 1.79. The molecule has 0 aromatic heterocycles. The summed E-state index contributed by atoms with van der Waals surface area (Å²) in [5.41, 5.74) is 0.755. The number of nitro benzene ring substituents is 1. The molecular formula is C14H17N3O4. The lowest BCUT2D eigenvalue weighted by Crippen LogP contribution is -2.44. The van der Waals surface area contributed by atoms with Gasteiger partial charge in [-0.2, -0.15) is 0 Å². The molecule has 1 aromatic carbocycles. The van der Waals surface area contributed by atoms with Crippen LogP contribution in [0.3, 0.4) is 0 Å². The number of morpholine rings is 1. The molecule has 1 amide bonds. The van der Waals surface area contributed by atoms with E-state index in [1.807, 2.05) is 0 Å². The third-order valence-electron chi connectivity index (χ3n) is 3.04. The number of hydrogen-bond donors (Lipinski definition) is 2. The number of rotatable bonds is 5. The Labute approximate surface area is 122 Å². The number of carbonyl (C=O) groups is 1. The monoisotopic (exact) mass is 291 g/mol. The number of nitro groups is 1. The second kappa shape index (κ2) is 7.51. The lowest BCUT2D eigenvalue weighted by Gasteiger charge is -2.23. The maximum atomic E-state index is 11.7. The number of nitrogens with zero attached hydrogens (tertiary/aromatic N) is 1. The number of hydrogen-bond acceptors (Lipinski definition) is 5. The Hall–Kier alpha value is -2.25. The van der Waals surface area contributed by atoms with Crippen LogP contribution in [0.5, 0.6) is 0 Å². The molecule has 1 aliphatic heterocycles. The van der Waals surface area contributed by atoms with Crippen LogP contribution in [0, 0.1) is 10.1 Å². The molecule has 1 fully saturated rings. The summed E-state index contributed by atoms with van der Waals surface area (Å²) in [6, 6.07) is 5.99. The Kier molecular flexibility index (Phi) is 5.42. The molecule has 0 aliphatic carbocycles. The van der Waals surface area contributed by atoms with Gasteiger partial charge in [0, 0.05) is 37.8 Å². The number of non-ortho nitro benzene ring substituents is 1. The fraction of sp³-hybridized carbons (Fsp3) is 0.357. The van der Waals surface area contributed by atoms with Crippen molar-refractivity contribution in [2.24, 2.45) is 0 Å². The second-order valence-corrected chi connectivity index (χ2v) is 4.62. The quantitative estimate of drug-likeness (QED) is 0.473. The highest BCUT2D eigenvalue weighted by molar-refractivity contribution is 5.91. The summed E-state index contributed by atoms with van der Waals surface area (Å²) >= 11 is 0. The van der Waals surface area contributed by atoms with Gasteiger partial charge in [0.25, 0.3) is 5.69 Å². The molecule has 0 radical (unpaired) electrons. The van der Waals surface area contributed by atoms with Crippen LogP contribution in [0.4, 0.5) is 5.69 Å². The Morgan fingerprint density at radius 1 is 1.48 bits per heavy atom. The van der Waals surface area contributed by atoms with Gasteiger partial charge in [-0.15, -0.1) is 0 Å². The highest BCUT2D eigenvalue weighted by atomic mass is 16.6. The van der Waals surface area contributed by atoms with E-state index in [-0.39, 0.29) is 17.7 Å². The zero-order chi connectivity index (χ0) is 15.1. The molecule has 1 atom stereocenters. The van der Waals surface area contributed by atoms with Gasteiger partial charge in [-0.1, -0.05) is 0 Å². The van der Waals surface area contributed by atoms with Crippen LogP contribution < -0.4 is 10.6 Å². The molecule has 7 nitrogen and oxygen atoms in total. The summed E-state index contributed by atoms with van der Waals surface area (Å²) in [4.78, 5) is 21.7. The zero-order valence-electron chi connectivity index (χ0n) is 11.5. The van der Waals surface area contributed by atoms with Crippen molar-refractivity contribution >= 4 is 17.7 Å². The number of carbonyl (C=O) groups excluding carboxylic acids is 1. The van der Waals surface area contributed by atoms with Crippen molar-refractivity contribution in [3.8, 4) is 0 Å². The molecule has 0 saturated carbocycles.